The van der Waals surface area contributed by atoms with Gasteiger partial charge in [0, 0.05) is 61.4 Å². The van der Waals surface area contributed by atoms with Gasteiger partial charge in [-0.25, -0.2) is 30.2 Å². The predicted molar refractivity (Wildman–Crippen MR) is 146 cm³/mol. The van der Waals surface area contributed by atoms with Crippen molar-refractivity contribution in [3.8, 4) is 0 Å². The lowest BCUT2D eigenvalue weighted by molar-refractivity contribution is -0.486. The van der Waals surface area contributed by atoms with E-state index < -0.39 is 10.1 Å². The largest absolute Gasteiger partial charge is 0.336 e. The van der Waals surface area contributed by atoms with Gasteiger partial charge in [-0.3, -0.25) is 0 Å². The first-order valence-electron chi connectivity index (χ1n) is 11.9. The highest BCUT2D eigenvalue weighted by Gasteiger charge is 2.31. The van der Waals surface area contributed by atoms with Crippen LogP contribution in [-0.4, -0.2) is 90.8 Å². The van der Waals surface area contributed by atoms with Crippen LogP contribution in [0.2, 0.25) is 8.93 Å². The number of hydrogen-bond donors (Lipinski definition) is 0. The van der Waals surface area contributed by atoms with E-state index in [1.54, 1.807) is 12.4 Å². The van der Waals surface area contributed by atoms with Crippen molar-refractivity contribution >= 4 is 57.8 Å². The summed E-state index contributed by atoms with van der Waals surface area (Å²) in [6, 6.07) is 0. The lowest BCUT2D eigenvalue weighted by Crippen LogP contribution is -2.35. The number of unbranched alkanes of at least 4 members (excludes halogenated alkanes) is 3. The van der Waals surface area contributed by atoms with Crippen molar-refractivity contribution in [1.29, 1.82) is 0 Å². The summed E-state index contributed by atoms with van der Waals surface area (Å²) in [5.74, 6) is 0.721. The Bertz CT molecular complexity index is 1100. The summed E-state index contributed by atoms with van der Waals surface area (Å²) in [7, 11) is 0. The monoisotopic (exact) mass is 604 g/mol. The molecule has 0 bridgehead atoms. The van der Waals surface area contributed by atoms with Gasteiger partial charge < -0.3 is 19.6 Å². The summed E-state index contributed by atoms with van der Waals surface area (Å²) < 4.78 is 0.874. The fourth-order valence-corrected chi connectivity index (χ4v) is 6.44. The molecule has 14 nitrogen and oxygen atoms in total. The quantitative estimate of drug-likeness (QED) is 0.189. The van der Waals surface area contributed by atoms with Gasteiger partial charge in [-0.2, -0.15) is 0 Å². The molecule has 0 amide bonds. The summed E-state index contributed by atoms with van der Waals surface area (Å²) in [5.41, 5.74) is 0. The maximum atomic E-state index is 11.1. The zero-order chi connectivity index (χ0) is 27.1. The Kier molecular flexibility index (Phi) is 9.87. The number of thiazole rings is 2. The molecule has 2 aromatic heterocycles. The van der Waals surface area contributed by atoms with Crippen LogP contribution in [0.5, 0.6) is 0 Å². The van der Waals surface area contributed by atoms with E-state index in [4.69, 9.17) is 23.2 Å². The number of rotatable bonds is 13. The molecule has 2 aliphatic rings. The van der Waals surface area contributed by atoms with Gasteiger partial charge in [-0.05, 0) is 12.8 Å². The van der Waals surface area contributed by atoms with Crippen molar-refractivity contribution in [2.75, 3.05) is 39.3 Å². The summed E-state index contributed by atoms with van der Waals surface area (Å²) in [5, 5.41) is 28.2. The number of hydrogen-bond acceptors (Lipinski definition) is 8. The smallest absolute Gasteiger partial charge is 0.274 e. The molecule has 2 aromatic rings. The fourth-order valence-electron chi connectivity index (χ4n) is 4.45. The Balaban J connectivity index is 1.21. The first kappa shape index (κ1) is 28.2. The Morgan fingerprint density at radius 2 is 1.13 bits per heavy atom. The molecule has 0 aliphatic carbocycles. The number of nitro groups is 2. The maximum Gasteiger partial charge on any atom is 0.274 e. The van der Waals surface area contributed by atoms with Gasteiger partial charge in [-0.1, -0.05) is 36.0 Å². The minimum Gasteiger partial charge on any atom is -0.336 e. The second-order valence-electron chi connectivity index (χ2n) is 8.67. The highest BCUT2D eigenvalue weighted by Crippen LogP contribution is 2.23. The van der Waals surface area contributed by atoms with E-state index in [1.807, 2.05) is 19.6 Å². The molecule has 0 radical (unpaired) electrons. The average molecular weight is 606 g/mol. The molecule has 206 valence electrons. The van der Waals surface area contributed by atoms with E-state index in [0.717, 1.165) is 35.4 Å². The summed E-state index contributed by atoms with van der Waals surface area (Å²) in [4.78, 5) is 39.8. The Hall–Kier alpha value is -2.82. The molecule has 0 unspecified atom stereocenters. The van der Waals surface area contributed by atoms with Gasteiger partial charge in [0.25, 0.3) is 11.9 Å². The fraction of sp³-hybridized carbons (Fsp3) is 0.600. The third kappa shape index (κ3) is 7.85. The van der Waals surface area contributed by atoms with Crippen LogP contribution in [0.4, 0.5) is 0 Å². The normalized spacial score (nSPS) is 17.9. The van der Waals surface area contributed by atoms with Crippen molar-refractivity contribution in [1.82, 2.24) is 29.6 Å². The lowest BCUT2D eigenvalue weighted by atomic mass is 10.2. The average Bonchev–Trinajstić information content (AvgIpc) is 3.63. The molecule has 2 saturated heterocycles. The Labute approximate surface area is 236 Å². The number of aromatic nitrogens is 2. The van der Waals surface area contributed by atoms with Crippen molar-refractivity contribution in [2.24, 2.45) is 10.2 Å². The Morgan fingerprint density at radius 3 is 1.47 bits per heavy atom. The molecule has 0 atom stereocenters. The molecule has 38 heavy (non-hydrogen) atoms. The van der Waals surface area contributed by atoms with Gasteiger partial charge in [0.1, 0.15) is 10.2 Å². The van der Waals surface area contributed by atoms with Crippen molar-refractivity contribution in [2.45, 2.75) is 38.8 Å². The lowest BCUT2D eigenvalue weighted by Gasteiger charge is -2.21. The summed E-state index contributed by atoms with van der Waals surface area (Å²) in [6.07, 6.45) is 6.90. The van der Waals surface area contributed by atoms with Gasteiger partial charge in [-0.15, -0.1) is 22.7 Å². The zero-order valence-electron chi connectivity index (χ0n) is 20.3. The molecule has 2 fully saturated rings. The van der Waals surface area contributed by atoms with Gasteiger partial charge >= 0.3 is 0 Å². The van der Waals surface area contributed by atoms with E-state index in [1.165, 1.54) is 22.7 Å². The number of guanidine groups is 2. The molecule has 2 aliphatic heterocycles. The first-order valence-corrected chi connectivity index (χ1v) is 14.3. The number of hydrazone groups is 2. The van der Waals surface area contributed by atoms with Crippen molar-refractivity contribution in [3.63, 3.8) is 0 Å². The second kappa shape index (κ2) is 13.3. The van der Waals surface area contributed by atoms with Crippen molar-refractivity contribution in [3.05, 3.63) is 51.3 Å². The summed E-state index contributed by atoms with van der Waals surface area (Å²) in [6.45, 7) is 4.88. The topological polar surface area (TPSA) is 150 Å². The minimum atomic E-state index is -0.659. The predicted octanol–water partition coefficient (Wildman–Crippen LogP) is 3.50. The van der Waals surface area contributed by atoms with Gasteiger partial charge in [0.05, 0.1) is 13.1 Å². The molecular weight excluding hydrogens is 579 g/mol. The van der Waals surface area contributed by atoms with Crippen LogP contribution in [0.15, 0.2) is 22.6 Å². The van der Waals surface area contributed by atoms with Crippen LogP contribution in [0.25, 0.3) is 0 Å². The molecule has 0 saturated carbocycles. The second-order valence-corrected chi connectivity index (χ2v) is 12.1. The third-order valence-corrected chi connectivity index (χ3v) is 8.30. The van der Waals surface area contributed by atoms with E-state index in [0.29, 0.717) is 73.2 Å². The minimum absolute atomic E-state index is 0.361. The molecule has 0 N–H and O–H groups in total. The molecule has 4 rings (SSSR count). The van der Waals surface area contributed by atoms with E-state index in [-0.39, 0.29) is 0 Å². The molecule has 0 spiro atoms. The summed E-state index contributed by atoms with van der Waals surface area (Å²) >= 11 is 14.5. The number of nitrogens with zero attached hydrogens (tertiary/aromatic N) is 10. The zero-order valence-corrected chi connectivity index (χ0v) is 23.5. The van der Waals surface area contributed by atoms with Crippen LogP contribution in [0.3, 0.4) is 0 Å². The Morgan fingerprint density at radius 1 is 0.737 bits per heavy atom. The van der Waals surface area contributed by atoms with Gasteiger partial charge in [0.15, 0.2) is 19.0 Å². The van der Waals surface area contributed by atoms with Crippen LogP contribution in [0.1, 0.15) is 35.4 Å². The van der Waals surface area contributed by atoms with Crippen LogP contribution in [-0.2, 0) is 13.1 Å². The molecule has 0 aromatic carbocycles. The molecular formula is C20H26Cl2N10O4S2. The van der Waals surface area contributed by atoms with Crippen molar-refractivity contribution < 1.29 is 10.1 Å². The molecule has 4 heterocycles. The van der Waals surface area contributed by atoms with Gasteiger partial charge in [0.2, 0.25) is 0 Å². The SMILES string of the molecule is O=[N+]([O-])/N=C1/N(CCCCCCN2CCN(Cc3cnc(Cl)s3)/C2=N/[N+](=O)[O-])CCN1Cc1cnc(Cl)s1. The molecule has 18 heteroatoms. The van der Waals surface area contributed by atoms with E-state index in [9.17, 15) is 20.2 Å². The van der Waals surface area contributed by atoms with Crippen LogP contribution >= 0.6 is 45.9 Å². The number of halogens is 2. The van der Waals surface area contributed by atoms with Crippen LogP contribution in [0, 0.1) is 20.2 Å². The highest BCUT2D eigenvalue weighted by atomic mass is 35.5. The maximum absolute atomic E-state index is 11.1. The standard InChI is InChI=1S/C20H26Cl2N10O4S2/c21-17-23-11-15(37-17)13-29-9-7-27(19(29)25-31(33)34)5-3-1-2-4-6-28-8-10-30(20(28)26-32(35)36)14-16-12-24-18(22)38-16/h11-12H,1-10,13-14H2/b25-19-,26-20+. The third-order valence-electron chi connectivity index (χ3n) is 6.10. The van der Waals surface area contributed by atoms with Crippen LogP contribution < -0.4 is 0 Å². The van der Waals surface area contributed by atoms with E-state index in [2.05, 4.69) is 20.2 Å². The first-order chi connectivity index (χ1) is 18.3. The van der Waals surface area contributed by atoms with E-state index >= 15 is 0 Å². The highest BCUT2D eigenvalue weighted by molar-refractivity contribution is 7.16.